The fourth-order valence-electron chi connectivity index (χ4n) is 1.42. The average Bonchev–Trinajstić information content (AvgIpc) is 2.28. The quantitative estimate of drug-likeness (QED) is 0.624. The van der Waals surface area contributed by atoms with E-state index in [2.05, 4.69) is 17.9 Å². The molecular formula is C13H17NO2S. The molecule has 0 spiro atoms. The van der Waals surface area contributed by atoms with Crippen molar-refractivity contribution >= 4 is 30.0 Å². The number of hydrogen-bond donors (Lipinski definition) is 2. The van der Waals surface area contributed by atoms with Gasteiger partial charge in [-0.3, -0.25) is 9.59 Å². The first kappa shape index (κ1) is 13.8. The van der Waals surface area contributed by atoms with E-state index in [4.69, 9.17) is 0 Å². The van der Waals surface area contributed by atoms with Crippen LogP contribution >= 0.6 is 12.6 Å². The van der Waals surface area contributed by atoms with Crippen LogP contribution in [0, 0.1) is 0 Å². The average molecular weight is 251 g/mol. The van der Waals surface area contributed by atoms with Crippen molar-refractivity contribution in [1.82, 2.24) is 0 Å². The highest BCUT2D eigenvalue weighted by Gasteiger charge is 2.06. The maximum atomic E-state index is 11.5. The van der Waals surface area contributed by atoms with Gasteiger partial charge in [-0.15, -0.1) is 0 Å². The second-order valence-corrected chi connectivity index (χ2v) is 4.84. The van der Waals surface area contributed by atoms with Crippen LogP contribution in [0.2, 0.25) is 0 Å². The Hall–Kier alpha value is -1.29. The van der Waals surface area contributed by atoms with Crippen molar-refractivity contribution in [2.45, 2.75) is 31.9 Å². The van der Waals surface area contributed by atoms with Crippen LogP contribution in [0.15, 0.2) is 24.3 Å². The number of thiol groups is 1. The number of anilines is 1. The largest absolute Gasteiger partial charge is 0.326 e. The molecule has 0 heterocycles. The topological polar surface area (TPSA) is 46.2 Å². The first-order valence-corrected chi connectivity index (χ1v) is 6.15. The lowest BCUT2D eigenvalue weighted by Crippen LogP contribution is -2.15. The molecule has 1 unspecified atom stereocenters. The Bertz CT molecular complexity index is 398. The van der Waals surface area contributed by atoms with Crippen molar-refractivity contribution in [2.24, 2.45) is 0 Å². The minimum Gasteiger partial charge on any atom is -0.326 e. The van der Waals surface area contributed by atoms with E-state index >= 15 is 0 Å². The fourth-order valence-corrected chi connectivity index (χ4v) is 1.59. The molecule has 0 aliphatic carbocycles. The molecule has 0 aliphatic rings. The molecule has 0 radical (unpaired) electrons. The standard InChI is InChI=1S/C13H17NO2S/c1-3-12(15)10-4-6-11(7-5-10)14-13(16)8-9(2)17/h4-7,9,17H,3,8H2,1-2H3,(H,14,16). The molecule has 0 saturated heterocycles. The summed E-state index contributed by atoms with van der Waals surface area (Å²) >= 11 is 4.15. The Labute approximate surface area is 107 Å². The smallest absolute Gasteiger partial charge is 0.225 e. The van der Waals surface area contributed by atoms with Gasteiger partial charge >= 0.3 is 0 Å². The van der Waals surface area contributed by atoms with E-state index in [9.17, 15) is 9.59 Å². The normalized spacial score (nSPS) is 11.9. The number of amides is 1. The molecule has 1 aromatic carbocycles. The van der Waals surface area contributed by atoms with Crippen LogP contribution in [-0.2, 0) is 4.79 Å². The second kappa shape index (κ2) is 6.45. The molecule has 4 heteroatoms. The van der Waals surface area contributed by atoms with Crippen molar-refractivity contribution in [3.05, 3.63) is 29.8 Å². The van der Waals surface area contributed by atoms with E-state index in [0.29, 0.717) is 24.1 Å². The van der Waals surface area contributed by atoms with E-state index in [-0.39, 0.29) is 16.9 Å². The molecule has 3 nitrogen and oxygen atoms in total. The first-order valence-electron chi connectivity index (χ1n) is 5.64. The number of ketones is 1. The number of carbonyl (C=O) groups excluding carboxylic acids is 2. The molecule has 0 saturated carbocycles. The summed E-state index contributed by atoms with van der Waals surface area (Å²) in [6.07, 6.45) is 0.863. The van der Waals surface area contributed by atoms with Gasteiger partial charge < -0.3 is 5.32 Å². The van der Waals surface area contributed by atoms with Crippen molar-refractivity contribution in [1.29, 1.82) is 0 Å². The number of hydrogen-bond acceptors (Lipinski definition) is 3. The van der Waals surface area contributed by atoms with Crippen LogP contribution in [0.3, 0.4) is 0 Å². The molecular weight excluding hydrogens is 234 g/mol. The fraction of sp³-hybridized carbons (Fsp3) is 0.385. The third kappa shape index (κ3) is 4.61. The molecule has 0 aliphatic heterocycles. The molecule has 1 aromatic rings. The molecule has 92 valence electrons. The van der Waals surface area contributed by atoms with Crippen molar-refractivity contribution < 1.29 is 9.59 Å². The van der Waals surface area contributed by atoms with Crippen LogP contribution in [0.5, 0.6) is 0 Å². The van der Waals surface area contributed by atoms with Crippen LogP contribution in [0.4, 0.5) is 5.69 Å². The minimum absolute atomic E-state index is 0.0379. The van der Waals surface area contributed by atoms with Crippen molar-refractivity contribution in [2.75, 3.05) is 5.32 Å². The summed E-state index contributed by atoms with van der Waals surface area (Å²) in [6, 6.07) is 6.94. The summed E-state index contributed by atoms with van der Waals surface area (Å²) in [6.45, 7) is 3.69. The van der Waals surface area contributed by atoms with E-state index in [1.165, 1.54) is 0 Å². The van der Waals surface area contributed by atoms with Crippen molar-refractivity contribution in [3.63, 3.8) is 0 Å². The highest BCUT2D eigenvalue weighted by Crippen LogP contribution is 2.12. The van der Waals surface area contributed by atoms with Gasteiger partial charge in [0.15, 0.2) is 5.78 Å². The Morgan fingerprint density at radius 3 is 2.35 bits per heavy atom. The lowest BCUT2D eigenvalue weighted by atomic mass is 10.1. The monoisotopic (exact) mass is 251 g/mol. The molecule has 1 amide bonds. The van der Waals surface area contributed by atoms with Crippen LogP contribution in [-0.4, -0.2) is 16.9 Å². The van der Waals surface area contributed by atoms with Gasteiger partial charge in [0.1, 0.15) is 0 Å². The van der Waals surface area contributed by atoms with Gasteiger partial charge in [0, 0.05) is 29.3 Å². The number of Topliss-reactive ketones (excluding diaryl/α,β-unsaturated/α-hetero) is 1. The SMILES string of the molecule is CCC(=O)c1ccc(NC(=O)CC(C)S)cc1. The van der Waals surface area contributed by atoms with Crippen LogP contribution < -0.4 is 5.32 Å². The van der Waals surface area contributed by atoms with Crippen molar-refractivity contribution in [3.8, 4) is 0 Å². The molecule has 17 heavy (non-hydrogen) atoms. The number of carbonyl (C=O) groups is 2. The van der Waals surface area contributed by atoms with Gasteiger partial charge in [0.2, 0.25) is 5.91 Å². The van der Waals surface area contributed by atoms with E-state index in [1.807, 2.05) is 13.8 Å². The predicted molar refractivity (Wildman–Crippen MR) is 72.8 cm³/mol. The number of rotatable bonds is 5. The molecule has 0 fully saturated rings. The Morgan fingerprint density at radius 1 is 1.29 bits per heavy atom. The highest BCUT2D eigenvalue weighted by atomic mass is 32.1. The van der Waals surface area contributed by atoms with Crippen LogP contribution in [0.1, 0.15) is 37.0 Å². The first-order chi connectivity index (χ1) is 8.02. The van der Waals surface area contributed by atoms with E-state index in [0.717, 1.165) is 0 Å². The lowest BCUT2D eigenvalue weighted by Gasteiger charge is -2.07. The summed E-state index contributed by atoms with van der Waals surface area (Å²) in [7, 11) is 0. The predicted octanol–water partition coefficient (Wildman–Crippen LogP) is 2.93. The lowest BCUT2D eigenvalue weighted by molar-refractivity contribution is -0.116. The Balaban J connectivity index is 2.62. The molecule has 1 atom stereocenters. The zero-order valence-electron chi connectivity index (χ0n) is 10.1. The van der Waals surface area contributed by atoms with Gasteiger partial charge in [-0.25, -0.2) is 0 Å². The summed E-state index contributed by atoms with van der Waals surface area (Å²) in [5.41, 5.74) is 1.38. The Kier molecular flexibility index (Phi) is 5.22. The van der Waals surface area contributed by atoms with E-state index < -0.39 is 0 Å². The zero-order valence-corrected chi connectivity index (χ0v) is 11.0. The summed E-state index contributed by atoms with van der Waals surface area (Å²) in [5.74, 6) is 0.0360. The number of benzene rings is 1. The zero-order chi connectivity index (χ0) is 12.8. The maximum Gasteiger partial charge on any atom is 0.225 e. The van der Waals surface area contributed by atoms with Gasteiger partial charge in [-0.2, -0.15) is 12.6 Å². The summed E-state index contributed by atoms with van der Waals surface area (Å²) in [5, 5.41) is 2.80. The summed E-state index contributed by atoms with van der Waals surface area (Å²) < 4.78 is 0. The number of nitrogens with one attached hydrogen (secondary N) is 1. The third-order valence-corrected chi connectivity index (χ3v) is 2.48. The second-order valence-electron chi connectivity index (χ2n) is 3.96. The molecule has 1 rings (SSSR count). The van der Waals surface area contributed by atoms with Gasteiger partial charge in [0.05, 0.1) is 0 Å². The molecule has 0 aromatic heterocycles. The third-order valence-electron chi connectivity index (χ3n) is 2.29. The Morgan fingerprint density at radius 2 is 1.88 bits per heavy atom. The molecule has 0 bridgehead atoms. The highest BCUT2D eigenvalue weighted by molar-refractivity contribution is 7.80. The minimum atomic E-state index is -0.0675. The van der Waals surface area contributed by atoms with Gasteiger partial charge in [-0.05, 0) is 24.3 Å². The summed E-state index contributed by atoms with van der Waals surface area (Å²) in [4.78, 5) is 22.9. The van der Waals surface area contributed by atoms with E-state index in [1.54, 1.807) is 24.3 Å². The molecule has 1 N–H and O–H groups in total. The van der Waals surface area contributed by atoms with Gasteiger partial charge in [0.25, 0.3) is 0 Å². The van der Waals surface area contributed by atoms with Gasteiger partial charge in [-0.1, -0.05) is 13.8 Å². The van der Waals surface area contributed by atoms with Crippen LogP contribution in [0.25, 0.3) is 0 Å². The maximum absolute atomic E-state index is 11.5.